The summed E-state index contributed by atoms with van der Waals surface area (Å²) in [4.78, 5) is 23.2. The van der Waals surface area contributed by atoms with E-state index >= 15 is 0 Å². The van der Waals surface area contributed by atoms with Crippen molar-refractivity contribution in [3.63, 3.8) is 0 Å². The maximum atomic E-state index is 11.6. The molecule has 0 aliphatic heterocycles. The third kappa shape index (κ3) is 16.4. The minimum atomic E-state index is -0.564. The van der Waals surface area contributed by atoms with Crippen molar-refractivity contribution in [3.05, 3.63) is 24.3 Å². The minimum Gasteiger partial charge on any atom is -0.456 e. The topological polar surface area (TPSA) is 112 Å². The first-order valence-corrected chi connectivity index (χ1v) is 18.7. The number of carbonyl (C=O) groups is 2. The molecular weight excluding hydrogens is 624 g/mol. The van der Waals surface area contributed by atoms with Crippen LogP contribution in [-0.2, 0) is 28.5 Å². The van der Waals surface area contributed by atoms with Crippen LogP contribution >= 0.6 is 0 Å². The minimum absolute atomic E-state index is 0. The lowest BCUT2D eigenvalue weighted by atomic mass is 9.60. The van der Waals surface area contributed by atoms with E-state index in [0.29, 0.717) is 97.1 Å². The highest BCUT2D eigenvalue weighted by molar-refractivity contribution is 5.87. The maximum Gasteiger partial charge on any atom is 0.333 e. The number of nitrogens with zero attached hydrogens (tertiary/aromatic N) is 2. The lowest BCUT2D eigenvalue weighted by molar-refractivity contribution is -0.893. The first kappa shape index (κ1) is 43.3. The van der Waals surface area contributed by atoms with Crippen molar-refractivity contribution < 1.29 is 50.6 Å². The fourth-order valence-electron chi connectivity index (χ4n) is 7.58. The number of likely N-dealkylation sites (N-methyl/N-ethyl adjacent to an activating group) is 2. The zero-order chi connectivity index (χ0) is 36.8. The summed E-state index contributed by atoms with van der Waals surface area (Å²) in [6, 6.07) is 0. The van der Waals surface area contributed by atoms with Gasteiger partial charge in [0, 0.05) is 20.6 Å². The van der Waals surface area contributed by atoms with E-state index in [-0.39, 0.29) is 26.3 Å². The molecule has 2 aliphatic rings. The Kier molecular flexibility index (Phi) is 17.9. The monoisotopic (exact) mass is 701 g/mol. The fourth-order valence-corrected chi connectivity index (χ4v) is 7.58. The highest BCUT2D eigenvalue weighted by Crippen LogP contribution is 2.49. The highest BCUT2D eigenvalue weighted by atomic mass is 16.5. The molecule has 10 nitrogen and oxygen atoms in total. The van der Waals surface area contributed by atoms with Crippen molar-refractivity contribution in [1.82, 2.24) is 0 Å². The number of esters is 2. The molecule has 0 radical (unpaired) electrons. The van der Waals surface area contributed by atoms with Gasteiger partial charge in [0.2, 0.25) is 0 Å². The Labute approximate surface area is 300 Å². The van der Waals surface area contributed by atoms with Crippen LogP contribution in [0.25, 0.3) is 0 Å². The average molecular weight is 701 g/mol. The molecule has 0 heterocycles. The van der Waals surface area contributed by atoms with Crippen molar-refractivity contribution in [1.29, 1.82) is 0 Å². The third-order valence-electron chi connectivity index (χ3n) is 11.0. The molecule has 10 heteroatoms. The molecule has 2 atom stereocenters. The highest BCUT2D eigenvalue weighted by Gasteiger charge is 2.41. The van der Waals surface area contributed by atoms with E-state index < -0.39 is 12.2 Å². The molecule has 0 spiro atoms. The molecule has 2 rings (SSSR count). The average Bonchev–Trinajstić information content (AvgIpc) is 3.01. The van der Waals surface area contributed by atoms with Gasteiger partial charge in [0.25, 0.3) is 0 Å². The number of hydrogen-bond donors (Lipinski definition) is 2. The summed E-state index contributed by atoms with van der Waals surface area (Å²) in [6.07, 6.45) is 10.1. The predicted molar refractivity (Wildman–Crippen MR) is 198 cm³/mol. The van der Waals surface area contributed by atoms with Gasteiger partial charge in [-0.05, 0) is 95.3 Å². The van der Waals surface area contributed by atoms with Gasteiger partial charge in [-0.3, -0.25) is 0 Å². The quantitative estimate of drug-likeness (QED) is 0.0655. The van der Waals surface area contributed by atoms with E-state index in [0.717, 1.165) is 44.9 Å². The summed E-state index contributed by atoms with van der Waals surface area (Å²) in [5, 5.41) is 21.3. The van der Waals surface area contributed by atoms with Crippen LogP contribution in [0.5, 0.6) is 0 Å². The lowest BCUT2D eigenvalue weighted by Crippen LogP contribution is -2.49. The first-order chi connectivity index (χ1) is 22.8. The molecule has 0 aromatic heterocycles. The van der Waals surface area contributed by atoms with Crippen LogP contribution in [0.3, 0.4) is 0 Å². The number of quaternary nitrogens is 2. The molecule has 0 aromatic carbocycles. The van der Waals surface area contributed by atoms with E-state index in [1.54, 1.807) is 13.8 Å². The number of carbonyl (C=O) groups excluding carboxylic acids is 2. The van der Waals surface area contributed by atoms with Gasteiger partial charge in [0.15, 0.2) is 0 Å². The fraction of sp³-hybridized carbons (Fsp3) is 0.846. The van der Waals surface area contributed by atoms with Gasteiger partial charge in [-0.1, -0.05) is 27.0 Å². The lowest BCUT2D eigenvalue weighted by Gasteiger charge is -2.46. The van der Waals surface area contributed by atoms with E-state index in [1.807, 2.05) is 28.2 Å². The molecule has 49 heavy (non-hydrogen) atoms. The Morgan fingerprint density at radius 2 is 1.12 bits per heavy atom. The van der Waals surface area contributed by atoms with E-state index in [9.17, 15) is 19.8 Å². The van der Waals surface area contributed by atoms with Crippen LogP contribution in [0.4, 0.5) is 0 Å². The van der Waals surface area contributed by atoms with Gasteiger partial charge in [-0.15, -0.1) is 0 Å². The van der Waals surface area contributed by atoms with Crippen LogP contribution in [0.1, 0.15) is 94.8 Å². The summed E-state index contributed by atoms with van der Waals surface area (Å²) in [6.45, 7) is 19.5. The standard InChI is InChI=1S/C39H72N2O8.2H2/c1-29(2)37(44)47-24-21-40(7,8)26-33(42)12-11-23-46-35-17-13-31(14-18-35)39(5,6)32-15-19-36(20-16-32)49-28-34(43)27-41(9,10)22-25-48-38(45)30(3)4;;/h31-36,42-43H,1,3,11-28H2,2,4-10H3;2*1H/q+2;;. The molecule has 2 fully saturated rings. The van der Waals surface area contributed by atoms with Gasteiger partial charge in [-0.25, -0.2) is 9.59 Å². The summed E-state index contributed by atoms with van der Waals surface area (Å²) in [7, 11) is 8.13. The molecule has 2 saturated carbocycles. The second-order valence-electron chi connectivity index (χ2n) is 16.9. The normalized spacial score (nSPS) is 23.4. The first-order valence-electron chi connectivity index (χ1n) is 18.7. The Bertz CT molecular complexity index is 1050. The van der Waals surface area contributed by atoms with Crippen molar-refractivity contribution in [3.8, 4) is 0 Å². The van der Waals surface area contributed by atoms with Crippen LogP contribution in [-0.4, -0.2) is 136 Å². The second-order valence-corrected chi connectivity index (χ2v) is 16.9. The molecule has 0 aromatic rings. The molecule has 0 bridgehead atoms. The van der Waals surface area contributed by atoms with E-state index in [2.05, 4.69) is 27.0 Å². The molecule has 0 saturated heterocycles. The summed E-state index contributed by atoms with van der Waals surface area (Å²) in [5.41, 5.74) is 1.07. The zero-order valence-corrected chi connectivity index (χ0v) is 32.3. The number of hydrogen-bond acceptors (Lipinski definition) is 8. The smallest absolute Gasteiger partial charge is 0.333 e. The maximum absolute atomic E-state index is 11.6. The Hall–Kier alpha value is -1.82. The van der Waals surface area contributed by atoms with Gasteiger partial charge < -0.3 is 38.1 Å². The second kappa shape index (κ2) is 20.3. The van der Waals surface area contributed by atoms with Gasteiger partial charge in [0.1, 0.15) is 51.6 Å². The van der Waals surface area contributed by atoms with Crippen LogP contribution in [0.15, 0.2) is 24.3 Å². The van der Waals surface area contributed by atoms with E-state index in [1.165, 1.54) is 12.8 Å². The zero-order valence-electron chi connectivity index (χ0n) is 32.3. The summed E-state index contributed by atoms with van der Waals surface area (Å²) < 4.78 is 24.0. The third-order valence-corrected chi connectivity index (χ3v) is 11.0. The SMILES string of the molecule is C=C(C)C(=O)OCC[N+](C)(C)CC(O)CCCOC1CCC(C(C)(C)C2CCC(OCC(O)C[N+](C)(C)CCOC(=O)C(=C)C)CC2)CC1.[HH].[HH]. The number of aliphatic hydroxyl groups is 2. The van der Waals surface area contributed by atoms with Crippen LogP contribution < -0.4 is 0 Å². The summed E-state index contributed by atoms with van der Waals surface area (Å²) >= 11 is 0. The van der Waals surface area contributed by atoms with Gasteiger partial charge in [0.05, 0.1) is 47.0 Å². The Morgan fingerprint density at radius 1 is 0.714 bits per heavy atom. The Morgan fingerprint density at radius 3 is 1.55 bits per heavy atom. The van der Waals surface area contributed by atoms with Crippen molar-refractivity contribution in [2.45, 2.75) is 116 Å². The van der Waals surface area contributed by atoms with Gasteiger partial charge >= 0.3 is 11.9 Å². The van der Waals surface area contributed by atoms with Crippen LogP contribution in [0.2, 0.25) is 0 Å². The van der Waals surface area contributed by atoms with E-state index in [4.69, 9.17) is 18.9 Å². The number of aliphatic hydroxyl groups excluding tert-OH is 2. The molecule has 288 valence electrons. The van der Waals surface area contributed by atoms with Crippen molar-refractivity contribution >= 4 is 11.9 Å². The largest absolute Gasteiger partial charge is 0.456 e. The number of ether oxygens (including phenoxy) is 4. The predicted octanol–water partition coefficient (Wildman–Crippen LogP) is 5.55. The molecular formula is C39H76N2O8+2. The van der Waals surface area contributed by atoms with Gasteiger partial charge in [-0.2, -0.15) is 0 Å². The van der Waals surface area contributed by atoms with Crippen molar-refractivity contribution in [2.75, 3.05) is 80.8 Å². The number of rotatable bonds is 22. The van der Waals surface area contributed by atoms with Crippen molar-refractivity contribution in [2.24, 2.45) is 17.3 Å². The molecule has 0 amide bonds. The Balaban J connectivity index is 0.0000125. The summed E-state index contributed by atoms with van der Waals surface area (Å²) in [5.74, 6) is 0.633. The van der Waals surface area contributed by atoms with Crippen LogP contribution in [0, 0.1) is 17.3 Å². The molecule has 2 unspecified atom stereocenters. The molecule has 2 N–H and O–H groups in total. The molecule has 2 aliphatic carbocycles.